The van der Waals surface area contributed by atoms with Gasteiger partial charge in [-0.05, 0) is 37.6 Å². The fourth-order valence-corrected chi connectivity index (χ4v) is 4.01. The van der Waals surface area contributed by atoms with Gasteiger partial charge in [-0.1, -0.05) is 12.5 Å². The van der Waals surface area contributed by atoms with Crippen LogP contribution in [0.3, 0.4) is 0 Å². The van der Waals surface area contributed by atoms with E-state index in [2.05, 4.69) is 10.6 Å². The molecule has 14 heteroatoms. The summed E-state index contributed by atoms with van der Waals surface area (Å²) in [6.45, 7) is -0.382. The van der Waals surface area contributed by atoms with E-state index >= 15 is 0 Å². The Kier molecular flexibility index (Phi) is 11.3. The fraction of sp³-hybridized carbons (Fsp3) is 0.560. The van der Waals surface area contributed by atoms with Crippen molar-refractivity contribution in [2.75, 3.05) is 25.5 Å². The molecule has 2 aliphatic rings. The average molecular weight is 554 g/mol. The Labute approximate surface area is 224 Å². The first-order valence-corrected chi connectivity index (χ1v) is 12.5. The van der Waals surface area contributed by atoms with Crippen LogP contribution in [0.15, 0.2) is 30.4 Å². The molecule has 0 saturated carbocycles. The minimum atomic E-state index is -1.65. The summed E-state index contributed by atoms with van der Waals surface area (Å²) in [5, 5.41) is 54.6. The number of nitrogens with one attached hydrogen (secondary N) is 2. The van der Waals surface area contributed by atoms with Crippen LogP contribution >= 0.6 is 0 Å². The smallest absolute Gasteiger partial charge is 0.253 e. The molecule has 2 aliphatic heterocycles. The summed E-state index contributed by atoms with van der Waals surface area (Å²) >= 11 is 0. The molecule has 0 spiro atoms. The minimum Gasteiger partial charge on any atom is -0.460 e. The molecule has 1 aromatic carbocycles. The highest BCUT2D eigenvalue weighted by molar-refractivity contribution is 6.12. The molecule has 6 atom stereocenters. The zero-order valence-corrected chi connectivity index (χ0v) is 21.4. The van der Waals surface area contributed by atoms with E-state index in [9.17, 15) is 39.9 Å². The number of unbranched alkanes of at least 4 members (excludes halogenated alkanes) is 2. The van der Waals surface area contributed by atoms with Crippen molar-refractivity contribution < 1.29 is 54.1 Å². The van der Waals surface area contributed by atoms with Crippen LogP contribution in [-0.4, -0.2) is 105 Å². The zero-order chi connectivity index (χ0) is 28.5. The van der Waals surface area contributed by atoms with Gasteiger partial charge in [-0.2, -0.15) is 0 Å². The first kappa shape index (κ1) is 30.6. The highest BCUT2D eigenvalue weighted by Gasteiger charge is 2.45. The molecule has 3 rings (SSSR count). The van der Waals surface area contributed by atoms with Crippen LogP contribution in [0.4, 0.5) is 5.69 Å². The highest BCUT2D eigenvalue weighted by atomic mass is 16.7. The van der Waals surface area contributed by atoms with Crippen molar-refractivity contribution in [2.24, 2.45) is 0 Å². The Morgan fingerprint density at radius 2 is 1.79 bits per heavy atom. The fourth-order valence-electron chi connectivity index (χ4n) is 4.01. The van der Waals surface area contributed by atoms with Crippen LogP contribution in [0.2, 0.25) is 0 Å². The molecule has 3 amide bonds. The van der Waals surface area contributed by atoms with Crippen LogP contribution < -0.4 is 15.4 Å². The van der Waals surface area contributed by atoms with Crippen molar-refractivity contribution >= 4 is 23.4 Å². The summed E-state index contributed by atoms with van der Waals surface area (Å²) in [5.41, 5.74) is 0.755. The Bertz CT molecular complexity index is 1020. The van der Waals surface area contributed by atoms with Crippen molar-refractivity contribution in [1.82, 2.24) is 10.2 Å². The summed E-state index contributed by atoms with van der Waals surface area (Å²) in [6, 6.07) is 4.60. The standard InChI is InChI=1S/C25H35N3O11/c1-26-25(36)37-13-14-6-7-16(38-24-23(35)22(34)21(33)17(12-29)39-24)15(11-14)27-18(30)5-3-2-4-10-28-19(31)8-9-20(28)32/h6-9,11,17,21-26,29,33-36H,2-5,10,12-13H2,1H3,(H,27,30)/t17-,21-,22+,23-,24-,25?/m1/s1. The van der Waals surface area contributed by atoms with Gasteiger partial charge in [0, 0.05) is 25.1 Å². The summed E-state index contributed by atoms with van der Waals surface area (Å²) in [7, 11) is 1.51. The molecule has 2 heterocycles. The van der Waals surface area contributed by atoms with E-state index < -0.39 is 43.7 Å². The Morgan fingerprint density at radius 3 is 2.46 bits per heavy atom. The normalized spacial score (nSPS) is 25.7. The molecular formula is C25H35N3O11. The summed E-state index contributed by atoms with van der Waals surface area (Å²) in [6.07, 6.45) is -4.52. The SMILES string of the molecule is CNC(O)OCc1ccc(O[C@@H]2O[C@H](CO)[C@@H](O)[C@H](O)[C@H]2O)c(NC(=O)CCCCCN2C(=O)C=CC2=O)c1. The number of benzene rings is 1. The first-order chi connectivity index (χ1) is 18.6. The third kappa shape index (κ3) is 8.27. The number of ether oxygens (including phenoxy) is 3. The average Bonchev–Trinajstić information content (AvgIpc) is 3.24. The molecule has 1 fully saturated rings. The molecule has 7 N–H and O–H groups in total. The van der Waals surface area contributed by atoms with E-state index in [1.54, 1.807) is 6.07 Å². The Balaban J connectivity index is 1.62. The van der Waals surface area contributed by atoms with Crippen molar-refractivity contribution in [3.63, 3.8) is 0 Å². The summed E-state index contributed by atoms with van der Waals surface area (Å²) in [4.78, 5) is 37.0. The van der Waals surface area contributed by atoms with Crippen molar-refractivity contribution in [3.8, 4) is 5.75 Å². The summed E-state index contributed by atoms with van der Waals surface area (Å²) < 4.78 is 16.4. The van der Waals surface area contributed by atoms with Gasteiger partial charge in [0.2, 0.25) is 18.6 Å². The number of aliphatic hydroxyl groups excluding tert-OH is 5. The Hall–Kier alpha value is -2.95. The van der Waals surface area contributed by atoms with Crippen molar-refractivity contribution in [2.45, 2.75) is 69.4 Å². The largest absolute Gasteiger partial charge is 0.460 e. The van der Waals surface area contributed by atoms with E-state index in [-0.39, 0.29) is 48.7 Å². The van der Waals surface area contributed by atoms with Crippen LogP contribution in [-0.2, 0) is 30.5 Å². The molecule has 0 aliphatic carbocycles. The molecule has 216 valence electrons. The maximum atomic E-state index is 12.7. The monoisotopic (exact) mass is 553 g/mol. The van der Waals surface area contributed by atoms with E-state index in [1.165, 1.54) is 31.3 Å². The lowest BCUT2D eigenvalue weighted by Crippen LogP contribution is -2.60. The number of imide groups is 1. The Morgan fingerprint density at radius 1 is 1.08 bits per heavy atom. The molecule has 0 radical (unpaired) electrons. The molecule has 1 aromatic rings. The number of aliphatic hydroxyl groups is 5. The number of hydrogen-bond donors (Lipinski definition) is 7. The van der Waals surface area contributed by atoms with E-state index in [0.29, 0.717) is 24.8 Å². The van der Waals surface area contributed by atoms with E-state index in [0.717, 1.165) is 4.90 Å². The predicted octanol–water partition coefficient (Wildman–Crippen LogP) is -1.70. The maximum Gasteiger partial charge on any atom is 0.253 e. The second-order valence-electron chi connectivity index (χ2n) is 9.12. The molecule has 1 saturated heterocycles. The minimum absolute atomic E-state index is 0.0198. The number of hydrogen-bond acceptors (Lipinski definition) is 12. The molecule has 1 unspecified atom stereocenters. The van der Waals surface area contributed by atoms with Gasteiger partial charge in [-0.15, -0.1) is 0 Å². The third-order valence-corrected chi connectivity index (χ3v) is 6.25. The number of carbonyl (C=O) groups is 3. The van der Waals surface area contributed by atoms with Crippen LogP contribution in [0.1, 0.15) is 31.2 Å². The second-order valence-corrected chi connectivity index (χ2v) is 9.12. The number of anilines is 1. The molecule has 14 nitrogen and oxygen atoms in total. The van der Waals surface area contributed by atoms with Gasteiger partial charge >= 0.3 is 0 Å². The molecular weight excluding hydrogens is 518 g/mol. The van der Waals surface area contributed by atoms with Gasteiger partial charge in [-0.25, -0.2) is 0 Å². The van der Waals surface area contributed by atoms with Crippen molar-refractivity contribution in [1.29, 1.82) is 0 Å². The zero-order valence-electron chi connectivity index (χ0n) is 21.4. The number of carbonyl (C=O) groups excluding carboxylic acids is 3. The highest BCUT2D eigenvalue weighted by Crippen LogP contribution is 2.31. The summed E-state index contributed by atoms with van der Waals surface area (Å²) in [5.74, 6) is -0.993. The number of amides is 3. The maximum absolute atomic E-state index is 12.7. The topological polar surface area (TPSA) is 207 Å². The van der Waals surface area contributed by atoms with Crippen LogP contribution in [0.5, 0.6) is 5.75 Å². The lowest BCUT2D eigenvalue weighted by Gasteiger charge is -2.39. The quantitative estimate of drug-likeness (QED) is 0.0782. The number of nitrogens with zero attached hydrogens (tertiary/aromatic N) is 1. The van der Waals surface area contributed by atoms with Gasteiger partial charge in [0.25, 0.3) is 11.8 Å². The lowest BCUT2D eigenvalue weighted by atomic mass is 9.99. The van der Waals surface area contributed by atoms with E-state index in [4.69, 9.17) is 14.2 Å². The van der Waals surface area contributed by atoms with Gasteiger partial charge in [-0.3, -0.25) is 24.6 Å². The van der Waals surface area contributed by atoms with E-state index in [1.807, 2.05) is 0 Å². The number of rotatable bonds is 14. The predicted molar refractivity (Wildman–Crippen MR) is 134 cm³/mol. The van der Waals surface area contributed by atoms with Gasteiger partial charge < -0.3 is 45.1 Å². The van der Waals surface area contributed by atoms with Crippen molar-refractivity contribution in [3.05, 3.63) is 35.9 Å². The van der Waals surface area contributed by atoms with Crippen LogP contribution in [0.25, 0.3) is 0 Å². The third-order valence-electron chi connectivity index (χ3n) is 6.25. The first-order valence-electron chi connectivity index (χ1n) is 12.5. The molecule has 0 aromatic heterocycles. The van der Waals surface area contributed by atoms with Crippen LogP contribution in [0, 0.1) is 0 Å². The lowest BCUT2D eigenvalue weighted by molar-refractivity contribution is -0.277. The molecule has 39 heavy (non-hydrogen) atoms. The van der Waals surface area contributed by atoms with Gasteiger partial charge in [0.05, 0.1) is 18.9 Å². The molecule has 0 bridgehead atoms. The van der Waals surface area contributed by atoms with Gasteiger partial charge in [0.1, 0.15) is 30.2 Å². The van der Waals surface area contributed by atoms with Gasteiger partial charge in [0.15, 0.2) is 0 Å². The second kappa shape index (κ2) is 14.4.